The Hall–Kier alpha value is -1.09. The van der Waals surface area contributed by atoms with E-state index in [1.165, 1.54) is 6.08 Å². The molecule has 15 heavy (non-hydrogen) atoms. The minimum Gasteiger partial charge on any atom is -0.359 e. The molecule has 0 bridgehead atoms. The number of anilines is 1. The highest BCUT2D eigenvalue weighted by molar-refractivity contribution is 9.10. The van der Waals surface area contributed by atoms with E-state index >= 15 is 0 Å². The minimum absolute atomic E-state index is 0.0450. The molecule has 0 aromatic heterocycles. The molecule has 2 rings (SSSR count). The topological polar surface area (TPSA) is 12.0 Å². The van der Waals surface area contributed by atoms with Gasteiger partial charge in [0.25, 0.3) is 0 Å². The normalized spacial score (nSPS) is 15.6. The monoisotopic (exact) mass is 267 g/mol. The highest BCUT2D eigenvalue weighted by Crippen LogP contribution is 2.22. The first-order valence-electron chi connectivity index (χ1n) is 4.82. The highest BCUT2D eigenvalue weighted by atomic mass is 79.9. The molecule has 0 radical (unpaired) electrons. The van der Waals surface area contributed by atoms with Crippen molar-refractivity contribution in [2.75, 3.05) is 5.32 Å². The van der Waals surface area contributed by atoms with Crippen molar-refractivity contribution in [1.29, 1.82) is 0 Å². The smallest absolute Gasteiger partial charge is 0.100 e. The Morgan fingerprint density at radius 3 is 2.40 bits per heavy atom. The summed E-state index contributed by atoms with van der Waals surface area (Å²) in [6.45, 7) is 0. The third kappa shape index (κ3) is 2.93. The van der Waals surface area contributed by atoms with Crippen LogP contribution in [-0.2, 0) is 0 Å². The maximum Gasteiger partial charge on any atom is 0.100 e. The molecule has 1 N–H and O–H groups in total. The number of hydrogen-bond donors (Lipinski definition) is 1. The van der Waals surface area contributed by atoms with Crippen molar-refractivity contribution in [3.8, 4) is 0 Å². The van der Waals surface area contributed by atoms with Crippen LogP contribution in [0.2, 0.25) is 0 Å². The summed E-state index contributed by atoms with van der Waals surface area (Å²) in [6.07, 6.45) is 4.54. The van der Waals surface area contributed by atoms with Crippen LogP contribution in [0.1, 0.15) is 12.8 Å². The minimum atomic E-state index is -0.0450. The Balaban J connectivity index is 2.06. The lowest BCUT2D eigenvalue weighted by Crippen LogP contribution is -2.01. The van der Waals surface area contributed by atoms with Gasteiger partial charge in [0.1, 0.15) is 5.83 Å². The Bertz CT molecular complexity index is 406. The summed E-state index contributed by atoms with van der Waals surface area (Å²) in [5, 5.41) is 3.26. The summed E-state index contributed by atoms with van der Waals surface area (Å²) in [5.41, 5.74) is 2.08. The fraction of sp³-hybridized carbons (Fsp3) is 0.167. The molecule has 78 valence electrons. The van der Waals surface area contributed by atoms with Crippen molar-refractivity contribution in [3.63, 3.8) is 0 Å². The number of allylic oxidation sites excluding steroid dienone is 4. The zero-order valence-electron chi connectivity index (χ0n) is 8.13. The van der Waals surface area contributed by atoms with Crippen molar-refractivity contribution in [3.05, 3.63) is 52.4 Å². The first-order chi connectivity index (χ1) is 7.24. The van der Waals surface area contributed by atoms with Crippen LogP contribution in [-0.4, -0.2) is 0 Å². The van der Waals surface area contributed by atoms with E-state index in [0.717, 1.165) is 22.3 Å². The zero-order valence-corrected chi connectivity index (χ0v) is 9.72. The number of nitrogens with one attached hydrogen (secondary N) is 1. The molecule has 1 aromatic carbocycles. The number of hydrogen-bond acceptors (Lipinski definition) is 1. The second-order valence-electron chi connectivity index (χ2n) is 3.44. The SMILES string of the molecule is FC1=CC=C(Nc2ccc(Br)cc2)CC1. The molecule has 1 aliphatic carbocycles. The van der Waals surface area contributed by atoms with E-state index in [4.69, 9.17) is 0 Å². The van der Waals surface area contributed by atoms with Gasteiger partial charge in [0.2, 0.25) is 0 Å². The molecule has 0 aliphatic heterocycles. The zero-order chi connectivity index (χ0) is 10.7. The molecule has 0 unspecified atom stereocenters. The van der Waals surface area contributed by atoms with Crippen LogP contribution in [0.3, 0.4) is 0 Å². The lowest BCUT2D eigenvalue weighted by atomic mass is 10.1. The lowest BCUT2D eigenvalue weighted by Gasteiger charge is -2.13. The first-order valence-corrected chi connectivity index (χ1v) is 5.61. The summed E-state index contributed by atoms with van der Waals surface area (Å²) < 4.78 is 13.8. The van der Waals surface area contributed by atoms with E-state index in [2.05, 4.69) is 21.2 Å². The predicted octanol–water partition coefficient (Wildman–Crippen LogP) is 4.39. The molecular formula is C12H11BrFN. The van der Waals surface area contributed by atoms with Gasteiger partial charge in [-0.3, -0.25) is 0 Å². The molecule has 0 heterocycles. The number of benzene rings is 1. The van der Waals surface area contributed by atoms with Gasteiger partial charge in [-0.2, -0.15) is 0 Å². The fourth-order valence-corrected chi connectivity index (χ4v) is 1.70. The van der Waals surface area contributed by atoms with E-state index in [0.29, 0.717) is 6.42 Å². The van der Waals surface area contributed by atoms with Gasteiger partial charge < -0.3 is 5.32 Å². The lowest BCUT2D eigenvalue weighted by molar-refractivity contribution is 0.582. The molecule has 0 fully saturated rings. The van der Waals surface area contributed by atoms with Crippen LogP contribution >= 0.6 is 15.9 Å². The van der Waals surface area contributed by atoms with Crippen molar-refractivity contribution in [2.24, 2.45) is 0 Å². The fourth-order valence-electron chi connectivity index (χ4n) is 1.43. The second kappa shape index (κ2) is 4.62. The van der Waals surface area contributed by atoms with Crippen LogP contribution in [0.5, 0.6) is 0 Å². The van der Waals surface area contributed by atoms with Crippen molar-refractivity contribution in [1.82, 2.24) is 0 Å². The quantitative estimate of drug-likeness (QED) is 0.838. The van der Waals surface area contributed by atoms with E-state index in [1.807, 2.05) is 24.3 Å². The van der Waals surface area contributed by atoms with Crippen molar-refractivity contribution >= 4 is 21.6 Å². The Labute approximate surface area is 96.8 Å². The molecule has 0 saturated carbocycles. The van der Waals surface area contributed by atoms with Gasteiger partial charge in [-0.15, -0.1) is 0 Å². The summed E-state index contributed by atoms with van der Waals surface area (Å²) in [4.78, 5) is 0. The van der Waals surface area contributed by atoms with Crippen molar-refractivity contribution < 1.29 is 4.39 Å². The summed E-state index contributed by atoms with van der Waals surface area (Å²) in [7, 11) is 0. The highest BCUT2D eigenvalue weighted by Gasteiger charge is 2.05. The Kier molecular flexibility index (Phi) is 3.21. The average molecular weight is 268 g/mol. The summed E-state index contributed by atoms with van der Waals surface area (Å²) >= 11 is 3.38. The van der Waals surface area contributed by atoms with Crippen molar-refractivity contribution in [2.45, 2.75) is 12.8 Å². The van der Waals surface area contributed by atoms with E-state index < -0.39 is 0 Å². The van der Waals surface area contributed by atoms with Gasteiger partial charge >= 0.3 is 0 Å². The third-order valence-electron chi connectivity index (χ3n) is 2.25. The molecule has 1 aromatic rings. The molecule has 1 nitrogen and oxygen atoms in total. The van der Waals surface area contributed by atoms with Crippen LogP contribution in [0.4, 0.5) is 10.1 Å². The van der Waals surface area contributed by atoms with Crippen LogP contribution in [0.25, 0.3) is 0 Å². The van der Waals surface area contributed by atoms with E-state index in [-0.39, 0.29) is 5.83 Å². The molecule has 0 amide bonds. The van der Waals surface area contributed by atoms with E-state index in [9.17, 15) is 4.39 Å². The standard InChI is InChI=1S/C12H11BrFN/c13-9-1-5-11(6-2-9)15-12-7-3-10(14)4-8-12/h1-3,5-7,15H,4,8H2. The average Bonchev–Trinajstić information content (AvgIpc) is 2.25. The predicted molar refractivity (Wildman–Crippen MR) is 64.3 cm³/mol. The maximum atomic E-state index is 12.7. The summed E-state index contributed by atoms with van der Waals surface area (Å²) in [5.74, 6) is -0.0450. The van der Waals surface area contributed by atoms with Crippen LogP contribution in [0.15, 0.2) is 52.4 Å². The molecule has 0 saturated heterocycles. The third-order valence-corrected chi connectivity index (χ3v) is 2.78. The van der Waals surface area contributed by atoms with Gasteiger partial charge in [-0.05, 0) is 42.8 Å². The summed E-state index contributed by atoms with van der Waals surface area (Å²) in [6, 6.07) is 7.92. The Morgan fingerprint density at radius 1 is 1.07 bits per heavy atom. The molecular weight excluding hydrogens is 257 g/mol. The second-order valence-corrected chi connectivity index (χ2v) is 4.35. The molecule has 3 heteroatoms. The number of halogens is 2. The van der Waals surface area contributed by atoms with Gasteiger partial charge in [0.05, 0.1) is 0 Å². The largest absolute Gasteiger partial charge is 0.359 e. The molecule has 0 atom stereocenters. The first kappa shape index (κ1) is 10.4. The maximum absolute atomic E-state index is 12.7. The number of rotatable bonds is 2. The van der Waals surface area contributed by atoms with Crippen LogP contribution in [0, 0.1) is 0 Å². The Morgan fingerprint density at radius 2 is 1.80 bits per heavy atom. The van der Waals surface area contributed by atoms with Gasteiger partial charge in [-0.25, -0.2) is 4.39 Å². The van der Waals surface area contributed by atoms with Crippen LogP contribution < -0.4 is 5.32 Å². The van der Waals surface area contributed by atoms with Gasteiger partial charge in [0.15, 0.2) is 0 Å². The van der Waals surface area contributed by atoms with Gasteiger partial charge in [0, 0.05) is 22.3 Å². The van der Waals surface area contributed by atoms with Gasteiger partial charge in [-0.1, -0.05) is 15.9 Å². The van der Waals surface area contributed by atoms with E-state index in [1.54, 1.807) is 6.08 Å². The molecule has 1 aliphatic rings. The molecule has 0 spiro atoms.